The van der Waals surface area contributed by atoms with Crippen molar-refractivity contribution in [2.24, 2.45) is 0 Å². The van der Waals surface area contributed by atoms with E-state index in [-0.39, 0.29) is 0 Å². The number of H-pyrrole nitrogens is 1. The summed E-state index contributed by atoms with van der Waals surface area (Å²) < 4.78 is 0. The van der Waals surface area contributed by atoms with Gasteiger partial charge in [-0.3, -0.25) is 0 Å². The zero-order valence-corrected chi connectivity index (χ0v) is 6.37. The maximum Gasteiger partial charge on any atom is 0.0583 e. The number of halogens is 1. The van der Waals surface area contributed by atoms with Crippen molar-refractivity contribution in [1.82, 2.24) is 4.98 Å². The molecule has 1 aromatic rings. The van der Waals surface area contributed by atoms with Gasteiger partial charge in [0.2, 0.25) is 0 Å². The molecule has 0 saturated heterocycles. The van der Waals surface area contributed by atoms with Gasteiger partial charge >= 0.3 is 0 Å². The molecule has 1 heterocycles. The summed E-state index contributed by atoms with van der Waals surface area (Å²) in [6.07, 6.45) is 1.80. The van der Waals surface area contributed by atoms with Crippen LogP contribution in [0.4, 0.5) is 0 Å². The minimum Gasteiger partial charge on any atom is -0.363 e. The van der Waals surface area contributed by atoms with Gasteiger partial charge in [0.1, 0.15) is 0 Å². The number of rotatable bonds is 1. The van der Waals surface area contributed by atoms with E-state index in [9.17, 15) is 0 Å². The SMILES string of the molecule is CC(C)c1cc(Cl)c[nH]1. The summed E-state index contributed by atoms with van der Waals surface area (Å²) >= 11 is 5.67. The third-order valence-corrected chi connectivity index (χ3v) is 1.51. The van der Waals surface area contributed by atoms with Crippen molar-refractivity contribution < 1.29 is 0 Å². The largest absolute Gasteiger partial charge is 0.363 e. The molecule has 0 unspecified atom stereocenters. The van der Waals surface area contributed by atoms with E-state index in [0.717, 1.165) is 5.02 Å². The van der Waals surface area contributed by atoms with Crippen LogP contribution in [0.3, 0.4) is 0 Å². The van der Waals surface area contributed by atoms with Crippen LogP contribution < -0.4 is 0 Å². The first-order chi connectivity index (χ1) is 4.20. The van der Waals surface area contributed by atoms with Gasteiger partial charge in [-0.25, -0.2) is 0 Å². The standard InChI is InChI=1S/C7H10ClN/c1-5(2)7-3-6(8)4-9-7/h3-5,9H,1-2H3. The molecule has 0 aromatic carbocycles. The van der Waals surface area contributed by atoms with Crippen molar-refractivity contribution in [3.8, 4) is 0 Å². The first-order valence-corrected chi connectivity index (χ1v) is 3.42. The van der Waals surface area contributed by atoms with E-state index < -0.39 is 0 Å². The van der Waals surface area contributed by atoms with Crippen molar-refractivity contribution in [3.05, 3.63) is 23.0 Å². The van der Waals surface area contributed by atoms with Gasteiger partial charge in [-0.1, -0.05) is 25.4 Å². The predicted molar refractivity (Wildman–Crippen MR) is 39.9 cm³/mol. The Bertz CT molecular complexity index is 191. The van der Waals surface area contributed by atoms with Crippen LogP contribution >= 0.6 is 11.6 Å². The molecular weight excluding hydrogens is 134 g/mol. The number of nitrogens with one attached hydrogen (secondary N) is 1. The van der Waals surface area contributed by atoms with E-state index in [1.807, 2.05) is 6.07 Å². The second kappa shape index (κ2) is 2.44. The van der Waals surface area contributed by atoms with Crippen LogP contribution in [0, 0.1) is 0 Å². The zero-order chi connectivity index (χ0) is 6.85. The van der Waals surface area contributed by atoms with E-state index in [0.29, 0.717) is 5.92 Å². The third-order valence-electron chi connectivity index (χ3n) is 1.29. The summed E-state index contributed by atoms with van der Waals surface area (Å²) in [6.45, 7) is 4.25. The Morgan fingerprint density at radius 2 is 2.22 bits per heavy atom. The van der Waals surface area contributed by atoms with Gasteiger partial charge in [0.15, 0.2) is 0 Å². The predicted octanol–water partition coefficient (Wildman–Crippen LogP) is 2.79. The summed E-state index contributed by atoms with van der Waals surface area (Å²) in [6, 6.07) is 1.95. The van der Waals surface area contributed by atoms with E-state index in [1.54, 1.807) is 6.20 Å². The molecule has 50 valence electrons. The van der Waals surface area contributed by atoms with Gasteiger partial charge in [0, 0.05) is 11.9 Å². The van der Waals surface area contributed by atoms with Gasteiger partial charge in [-0.2, -0.15) is 0 Å². The van der Waals surface area contributed by atoms with Crippen LogP contribution in [0.25, 0.3) is 0 Å². The molecule has 0 saturated carbocycles. The molecule has 0 aliphatic carbocycles. The average Bonchev–Trinajstić information content (AvgIpc) is 2.14. The Kier molecular flexibility index (Phi) is 1.81. The van der Waals surface area contributed by atoms with Gasteiger partial charge < -0.3 is 4.98 Å². The average molecular weight is 144 g/mol. The van der Waals surface area contributed by atoms with Crippen molar-refractivity contribution in [1.29, 1.82) is 0 Å². The highest BCUT2D eigenvalue weighted by molar-refractivity contribution is 6.30. The molecule has 9 heavy (non-hydrogen) atoms. The maximum atomic E-state index is 5.67. The van der Waals surface area contributed by atoms with Crippen LogP contribution in [0.2, 0.25) is 5.02 Å². The Morgan fingerprint density at radius 3 is 2.44 bits per heavy atom. The number of hydrogen-bond acceptors (Lipinski definition) is 0. The molecule has 1 aromatic heterocycles. The van der Waals surface area contributed by atoms with Crippen LogP contribution in [-0.4, -0.2) is 4.98 Å². The fourth-order valence-electron chi connectivity index (χ4n) is 0.717. The van der Waals surface area contributed by atoms with E-state index in [4.69, 9.17) is 11.6 Å². The zero-order valence-electron chi connectivity index (χ0n) is 5.61. The molecule has 2 heteroatoms. The summed E-state index contributed by atoms with van der Waals surface area (Å²) in [5.41, 5.74) is 1.19. The quantitative estimate of drug-likeness (QED) is 0.622. The minimum atomic E-state index is 0.539. The summed E-state index contributed by atoms with van der Waals surface area (Å²) in [7, 11) is 0. The van der Waals surface area contributed by atoms with Gasteiger partial charge in [-0.15, -0.1) is 0 Å². The first-order valence-electron chi connectivity index (χ1n) is 3.04. The highest BCUT2D eigenvalue weighted by Crippen LogP contribution is 2.16. The molecule has 0 atom stereocenters. The molecule has 0 aliphatic heterocycles. The summed E-state index contributed by atoms with van der Waals surface area (Å²) in [4.78, 5) is 3.07. The van der Waals surface area contributed by atoms with Crippen LogP contribution in [0.1, 0.15) is 25.5 Å². The molecule has 0 radical (unpaired) electrons. The maximum absolute atomic E-state index is 5.67. The van der Waals surface area contributed by atoms with Gasteiger partial charge in [0.25, 0.3) is 0 Å². The normalized spacial score (nSPS) is 10.7. The lowest BCUT2D eigenvalue weighted by molar-refractivity contribution is 0.833. The lowest BCUT2D eigenvalue weighted by Gasteiger charge is -1.97. The lowest BCUT2D eigenvalue weighted by atomic mass is 10.1. The fraction of sp³-hybridized carbons (Fsp3) is 0.429. The monoisotopic (exact) mass is 143 g/mol. The Balaban J connectivity index is 2.85. The molecular formula is C7H10ClN. The molecule has 0 bridgehead atoms. The lowest BCUT2D eigenvalue weighted by Crippen LogP contribution is -1.83. The molecule has 0 fully saturated rings. The van der Waals surface area contributed by atoms with E-state index >= 15 is 0 Å². The highest BCUT2D eigenvalue weighted by Gasteiger charge is 1.99. The van der Waals surface area contributed by atoms with Crippen molar-refractivity contribution in [2.75, 3.05) is 0 Å². The Morgan fingerprint density at radius 1 is 1.56 bits per heavy atom. The summed E-state index contributed by atoms with van der Waals surface area (Å²) in [5.74, 6) is 0.539. The van der Waals surface area contributed by atoms with Crippen molar-refractivity contribution in [3.63, 3.8) is 0 Å². The van der Waals surface area contributed by atoms with E-state index in [1.165, 1.54) is 5.69 Å². The van der Waals surface area contributed by atoms with Crippen LogP contribution in [-0.2, 0) is 0 Å². The summed E-state index contributed by atoms with van der Waals surface area (Å²) in [5, 5.41) is 0.790. The minimum absolute atomic E-state index is 0.539. The van der Waals surface area contributed by atoms with E-state index in [2.05, 4.69) is 18.8 Å². The van der Waals surface area contributed by atoms with Crippen LogP contribution in [0.5, 0.6) is 0 Å². The van der Waals surface area contributed by atoms with Crippen molar-refractivity contribution >= 4 is 11.6 Å². The molecule has 0 aliphatic rings. The Labute approximate surface area is 60.0 Å². The van der Waals surface area contributed by atoms with Gasteiger partial charge in [0.05, 0.1) is 5.02 Å². The second-order valence-electron chi connectivity index (χ2n) is 2.43. The number of aromatic nitrogens is 1. The molecule has 1 N–H and O–H groups in total. The van der Waals surface area contributed by atoms with Crippen molar-refractivity contribution in [2.45, 2.75) is 19.8 Å². The fourth-order valence-corrected chi connectivity index (χ4v) is 0.890. The molecule has 0 spiro atoms. The van der Waals surface area contributed by atoms with Gasteiger partial charge in [-0.05, 0) is 12.0 Å². The smallest absolute Gasteiger partial charge is 0.0583 e. The molecule has 1 rings (SSSR count). The topological polar surface area (TPSA) is 15.8 Å². The second-order valence-corrected chi connectivity index (χ2v) is 2.86. The highest BCUT2D eigenvalue weighted by atomic mass is 35.5. The molecule has 0 amide bonds. The molecule has 1 nitrogen and oxygen atoms in total. The number of aromatic amines is 1. The Hall–Kier alpha value is -0.430. The first kappa shape index (κ1) is 6.69. The van der Waals surface area contributed by atoms with Crippen LogP contribution in [0.15, 0.2) is 12.3 Å². The number of hydrogen-bond donors (Lipinski definition) is 1. The third kappa shape index (κ3) is 1.49.